The molecule has 26 heavy (non-hydrogen) atoms. The van der Waals surface area contributed by atoms with E-state index in [9.17, 15) is 14.7 Å². The number of carboxylic acids is 1. The maximum absolute atomic E-state index is 12.5. The fourth-order valence-electron chi connectivity index (χ4n) is 3.45. The number of amides is 1. The van der Waals surface area contributed by atoms with E-state index in [1.54, 1.807) is 20.0 Å². The molecule has 6 nitrogen and oxygen atoms in total. The number of carbonyl (C=O) groups is 2. The number of anilines is 1. The predicted octanol–water partition coefficient (Wildman–Crippen LogP) is 3.62. The summed E-state index contributed by atoms with van der Waals surface area (Å²) >= 11 is 0. The Kier molecular flexibility index (Phi) is 5.11. The molecule has 0 saturated heterocycles. The lowest BCUT2D eigenvalue weighted by Gasteiger charge is -2.28. The molecule has 0 atom stereocenters. The van der Waals surface area contributed by atoms with Gasteiger partial charge in [0.25, 0.3) is 0 Å². The Morgan fingerprint density at radius 1 is 1.15 bits per heavy atom. The first kappa shape index (κ1) is 18.2. The lowest BCUT2D eigenvalue weighted by Crippen LogP contribution is -2.36. The monoisotopic (exact) mass is 355 g/mol. The summed E-state index contributed by atoms with van der Waals surface area (Å²) in [5, 5.41) is 16.2. The maximum atomic E-state index is 12.5. The smallest absolute Gasteiger partial charge is 0.331 e. The van der Waals surface area contributed by atoms with E-state index in [0.29, 0.717) is 11.6 Å². The summed E-state index contributed by atoms with van der Waals surface area (Å²) in [6.07, 6.45) is 6.81. The van der Waals surface area contributed by atoms with E-state index < -0.39 is 11.5 Å². The highest BCUT2D eigenvalue weighted by Gasteiger charge is 2.31. The number of nitrogens with zero attached hydrogens (tertiary/aromatic N) is 2. The average Bonchev–Trinajstić information content (AvgIpc) is 3.11. The van der Waals surface area contributed by atoms with E-state index in [1.165, 1.54) is 16.4 Å². The van der Waals surface area contributed by atoms with Crippen LogP contribution in [0.25, 0.3) is 0 Å². The molecule has 1 aliphatic rings. The van der Waals surface area contributed by atoms with Gasteiger partial charge in [0.1, 0.15) is 0 Å². The molecule has 0 spiro atoms. The van der Waals surface area contributed by atoms with Crippen molar-refractivity contribution in [3.8, 4) is 0 Å². The first-order chi connectivity index (χ1) is 12.4. The molecule has 2 N–H and O–H groups in total. The molecule has 0 radical (unpaired) electrons. The van der Waals surface area contributed by atoms with Crippen LogP contribution in [-0.2, 0) is 15.1 Å². The highest BCUT2D eigenvalue weighted by atomic mass is 16.4. The summed E-state index contributed by atoms with van der Waals surface area (Å²) in [4.78, 5) is 23.8. The Labute approximate surface area is 153 Å². The fraction of sp³-hybridized carbons (Fsp3) is 0.450. The van der Waals surface area contributed by atoms with E-state index in [-0.39, 0.29) is 11.8 Å². The third kappa shape index (κ3) is 3.79. The van der Waals surface area contributed by atoms with Crippen LogP contribution in [0.15, 0.2) is 42.7 Å². The molecule has 1 aromatic carbocycles. The minimum atomic E-state index is -1.16. The summed E-state index contributed by atoms with van der Waals surface area (Å²) in [5.41, 5.74) is 0.731. The Bertz CT molecular complexity index is 775. The van der Waals surface area contributed by atoms with E-state index in [0.717, 1.165) is 25.7 Å². The van der Waals surface area contributed by atoms with Gasteiger partial charge in [-0.15, -0.1) is 0 Å². The van der Waals surface area contributed by atoms with E-state index in [2.05, 4.69) is 34.7 Å². The van der Waals surface area contributed by atoms with Gasteiger partial charge < -0.3 is 10.4 Å². The van der Waals surface area contributed by atoms with Gasteiger partial charge in [-0.3, -0.25) is 9.48 Å². The summed E-state index contributed by atoms with van der Waals surface area (Å²) in [6, 6.07) is 10.5. The highest BCUT2D eigenvalue weighted by molar-refractivity contribution is 5.92. The molecule has 1 aromatic heterocycles. The minimum absolute atomic E-state index is 0.00852. The van der Waals surface area contributed by atoms with E-state index in [1.807, 2.05) is 6.07 Å². The highest BCUT2D eigenvalue weighted by Crippen LogP contribution is 2.36. The molecule has 1 heterocycles. The molecule has 0 bridgehead atoms. The van der Waals surface area contributed by atoms with Crippen molar-refractivity contribution in [2.45, 2.75) is 51.0 Å². The summed E-state index contributed by atoms with van der Waals surface area (Å²) in [5.74, 6) is -0.466. The summed E-state index contributed by atoms with van der Waals surface area (Å²) in [7, 11) is 0. The third-order valence-electron chi connectivity index (χ3n) is 5.32. The number of benzene rings is 1. The zero-order valence-electron chi connectivity index (χ0n) is 15.2. The van der Waals surface area contributed by atoms with Crippen LogP contribution < -0.4 is 5.32 Å². The molecule has 0 unspecified atom stereocenters. The number of carboxylic acid groups (broad SMARTS) is 1. The Hall–Kier alpha value is -2.63. The quantitative estimate of drug-likeness (QED) is 0.858. The Balaban J connectivity index is 1.57. The molecule has 1 amide bonds. The maximum Gasteiger partial charge on any atom is 0.331 e. The molecular weight excluding hydrogens is 330 g/mol. The van der Waals surface area contributed by atoms with Gasteiger partial charge in [-0.05, 0) is 51.0 Å². The van der Waals surface area contributed by atoms with Gasteiger partial charge in [0, 0.05) is 12.1 Å². The second-order valence-electron chi connectivity index (χ2n) is 7.49. The summed E-state index contributed by atoms with van der Waals surface area (Å²) < 4.78 is 1.36. The van der Waals surface area contributed by atoms with Crippen LogP contribution in [-0.4, -0.2) is 26.8 Å². The van der Waals surface area contributed by atoms with Crippen molar-refractivity contribution < 1.29 is 14.7 Å². The van der Waals surface area contributed by atoms with Crippen LogP contribution in [0.4, 0.5) is 5.69 Å². The van der Waals surface area contributed by atoms with Crippen molar-refractivity contribution in [2.24, 2.45) is 5.92 Å². The number of hydrogen-bond donors (Lipinski definition) is 2. The zero-order valence-corrected chi connectivity index (χ0v) is 15.2. The first-order valence-electron chi connectivity index (χ1n) is 9.02. The van der Waals surface area contributed by atoms with Crippen molar-refractivity contribution in [2.75, 3.05) is 5.32 Å². The number of rotatable bonds is 5. The van der Waals surface area contributed by atoms with Crippen LogP contribution in [0.5, 0.6) is 0 Å². The Morgan fingerprint density at radius 2 is 1.81 bits per heavy atom. The van der Waals surface area contributed by atoms with Gasteiger partial charge >= 0.3 is 5.97 Å². The Morgan fingerprint density at radius 3 is 2.42 bits per heavy atom. The molecular formula is C20H25N3O3. The van der Waals surface area contributed by atoms with Crippen molar-refractivity contribution in [3.05, 3.63) is 48.3 Å². The van der Waals surface area contributed by atoms with Crippen LogP contribution >= 0.6 is 0 Å². The SMILES string of the molecule is CC(C)(C(=O)O)n1cc(NC(=O)C2CCC(c3ccccc3)CC2)cn1. The molecule has 1 saturated carbocycles. The molecule has 1 fully saturated rings. The van der Waals surface area contributed by atoms with Crippen molar-refractivity contribution in [1.29, 1.82) is 0 Å². The standard InChI is InChI=1S/C20H25N3O3/c1-20(2,19(25)26)23-13-17(12-21-23)22-18(24)16-10-8-15(9-11-16)14-6-4-3-5-7-14/h3-7,12-13,15-16H,8-11H2,1-2H3,(H,22,24)(H,25,26). The number of nitrogens with one attached hydrogen (secondary N) is 1. The second kappa shape index (κ2) is 7.32. The fourth-order valence-corrected chi connectivity index (χ4v) is 3.45. The number of hydrogen-bond acceptors (Lipinski definition) is 3. The largest absolute Gasteiger partial charge is 0.479 e. The molecule has 1 aliphatic carbocycles. The van der Waals surface area contributed by atoms with Gasteiger partial charge in [0.05, 0.1) is 11.9 Å². The number of aliphatic carboxylic acids is 1. The first-order valence-corrected chi connectivity index (χ1v) is 9.02. The molecule has 2 aromatic rings. The van der Waals surface area contributed by atoms with Gasteiger partial charge in [0.15, 0.2) is 5.54 Å². The second-order valence-corrected chi connectivity index (χ2v) is 7.49. The number of aromatic nitrogens is 2. The van der Waals surface area contributed by atoms with Crippen molar-refractivity contribution >= 4 is 17.6 Å². The lowest BCUT2D eigenvalue weighted by atomic mass is 9.78. The zero-order chi connectivity index (χ0) is 18.7. The molecule has 138 valence electrons. The van der Waals surface area contributed by atoms with Crippen molar-refractivity contribution in [3.63, 3.8) is 0 Å². The lowest BCUT2D eigenvalue weighted by molar-refractivity contribution is -0.146. The topological polar surface area (TPSA) is 84.2 Å². The van der Waals surface area contributed by atoms with Crippen LogP contribution in [0.2, 0.25) is 0 Å². The van der Waals surface area contributed by atoms with E-state index in [4.69, 9.17) is 0 Å². The van der Waals surface area contributed by atoms with Gasteiger partial charge in [-0.2, -0.15) is 5.10 Å². The normalized spacial score (nSPS) is 20.5. The predicted molar refractivity (Wildman–Crippen MR) is 99.0 cm³/mol. The third-order valence-corrected chi connectivity index (χ3v) is 5.32. The van der Waals surface area contributed by atoms with Crippen LogP contribution in [0, 0.1) is 5.92 Å². The molecule has 0 aliphatic heterocycles. The van der Waals surface area contributed by atoms with Gasteiger partial charge in [0.2, 0.25) is 5.91 Å². The average molecular weight is 355 g/mol. The van der Waals surface area contributed by atoms with Gasteiger partial charge in [-0.25, -0.2) is 4.79 Å². The summed E-state index contributed by atoms with van der Waals surface area (Å²) in [6.45, 7) is 3.14. The molecule has 6 heteroatoms. The van der Waals surface area contributed by atoms with Crippen LogP contribution in [0.3, 0.4) is 0 Å². The van der Waals surface area contributed by atoms with Crippen LogP contribution in [0.1, 0.15) is 51.0 Å². The molecule has 3 rings (SSSR count). The number of carbonyl (C=O) groups excluding carboxylic acids is 1. The van der Waals surface area contributed by atoms with Gasteiger partial charge in [-0.1, -0.05) is 30.3 Å². The van der Waals surface area contributed by atoms with Crippen molar-refractivity contribution in [1.82, 2.24) is 9.78 Å². The minimum Gasteiger partial charge on any atom is -0.479 e. The van der Waals surface area contributed by atoms with E-state index >= 15 is 0 Å².